The van der Waals surface area contributed by atoms with Gasteiger partial charge in [-0.3, -0.25) is 14.2 Å². The van der Waals surface area contributed by atoms with Crippen LogP contribution in [0.1, 0.15) is 43.9 Å². The van der Waals surface area contributed by atoms with Gasteiger partial charge >= 0.3 is 0 Å². The average molecular weight is 425 g/mol. The van der Waals surface area contributed by atoms with E-state index in [-0.39, 0.29) is 16.9 Å². The van der Waals surface area contributed by atoms with Crippen LogP contribution in [0.3, 0.4) is 0 Å². The highest BCUT2D eigenvalue weighted by Crippen LogP contribution is 2.28. The minimum atomic E-state index is -0.509. The highest BCUT2D eigenvalue weighted by Gasteiger charge is 2.30. The molecular weight excluding hydrogens is 395 g/mol. The smallest absolute Gasteiger partial charge is 0.266 e. The van der Waals surface area contributed by atoms with E-state index in [9.17, 15) is 14.0 Å². The Morgan fingerprint density at radius 3 is 2.26 bits per heavy atom. The maximum absolute atomic E-state index is 13.6. The van der Waals surface area contributed by atoms with E-state index in [1.54, 1.807) is 6.07 Å². The molecule has 0 saturated carbocycles. The van der Waals surface area contributed by atoms with Crippen LogP contribution in [0.2, 0.25) is 0 Å². The van der Waals surface area contributed by atoms with Crippen molar-refractivity contribution in [3.63, 3.8) is 0 Å². The van der Waals surface area contributed by atoms with Crippen LogP contribution in [-0.2, 0) is 0 Å². The molecule has 0 unspecified atom stereocenters. The predicted molar refractivity (Wildman–Crippen MR) is 123 cm³/mol. The quantitative estimate of drug-likeness (QED) is 0.464. The summed E-state index contributed by atoms with van der Waals surface area (Å²) < 4.78 is 14.8. The molecule has 1 aromatic heterocycles. The summed E-state index contributed by atoms with van der Waals surface area (Å²) in [6.45, 7) is 11.7. The Labute approximate surface area is 181 Å². The Bertz CT molecular complexity index is 1160. The zero-order valence-corrected chi connectivity index (χ0v) is 18.8. The van der Waals surface area contributed by atoms with Crippen LogP contribution in [0, 0.1) is 5.82 Å². The number of benzene rings is 2. The maximum atomic E-state index is 13.6. The van der Waals surface area contributed by atoms with E-state index < -0.39 is 11.6 Å². The van der Waals surface area contributed by atoms with E-state index in [0.717, 1.165) is 37.9 Å². The highest BCUT2D eigenvalue weighted by molar-refractivity contribution is 6.13. The zero-order chi connectivity index (χ0) is 22.7. The van der Waals surface area contributed by atoms with Gasteiger partial charge in [0.25, 0.3) is 5.56 Å². The van der Waals surface area contributed by atoms with Crippen LogP contribution in [0.25, 0.3) is 16.6 Å². The van der Waals surface area contributed by atoms with Gasteiger partial charge in [-0.2, -0.15) is 0 Å². The first kappa shape index (κ1) is 22.6. The van der Waals surface area contributed by atoms with Crippen molar-refractivity contribution < 1.29 is 9.18 Å². The van der Waals surface area contributed by atoms with E-state index in [1.165, 1.54) is 16.7 Å². The number of carbonyl (C=O) groups excluding carboxylic acids is 1. The molecule has 2 aromatic carbocycles. The van der Waals surface area contributed by atoms with Crippen LogP contribution in [0.5, 0.6) is 0 Å². The van der Waals surface area contributed by atoms with Crippen LogP contribution in [-0.4, -0.2) is 53.5 Å². The fourth-order valence-corrected chi connectivity index (χ4v) is 3.82. The third kappa shape index (κ3) is 3.97. The van der Waals surface area contributed by atoms with Crippen molar-refractivity contribution in [2.24, 2.45) is 0 Å². The lowest BCUT2D eigenvalue weighted by Gasteiger charge is -2.34. The largest absolute Gasteiger partial charge is 0.369 e. The van der Waals surface area contributed by atoms with E-state index >= 15 is 0 Å². The molecular formula is C24H29FN4O2. The van der Waals surface area contributed by atoms with E-state index in [4.69, 9.17) is 0 Å². The van der Waals surface area contributed by atoms with Crippen LogP contribution in [0.4, 0.5) is 10.1 Å². The molecule has 0 aliphatic carbocycles. The SMILES string of the molecule is CC.CC.CN1CCN(c2ccc3c(=O)n4c(nc3c2)C(=O)c2cc(F)ccc2-4)CC1. The molecule has 0 N–H and O–H groups in total. The number of piperazine rings is 1. The fourth-order valence-electron chi connectivity index (χ4n) is 3.82. The van der Waals surface area contributed by atoms with Crippen molar-refractivity contribution in [3.05, 3.63) is 64.0 Å². The number of aromatic nitrogens is 2. The molecule has 0 spiro atoms. The monoisotopic (exact) mass is 424 g/mol. The average Bonchev–Trinajstić information content (AvgIpc) is 3.08. The molecule has 0 atom stereocenters. The molecule has 0 radical (unpaired) electrons. The van der Waals surface area contributed by atoms with Gasteiger partial charge in [0.1, 0.15) is 5.82 Å². The summed E-state index contributed by atoms with van der Waals surface area (Å²) in [6.07, 6.45) is 0. The van der Waals surface area contributed by atoms with Crippen LogP contribution < -0.4 is 10.5 Å². The summed E-state index contributed by atoms with van der Waals surface area (Å²) in [6, 6.07) is 9.40. The number of likely N-dealkylation sites (N-methyl/N-ethyl adjacent to an activating group) is 1. The first-order valence-electron chi connectivity index (χ1n) is 10.9. The minimum Gasteiger partial charge on any atom is -0.369 e. The van der Waals surface area contributed by atoms with E-state index in [2.05, 4.69) is 21.8 Å². The van der Waals surface area contributed by atoms with Gasteiger partial charge in [0, 0.05) is 31.9 Å². The normalized spacial score (nSPS) is 14.9. The molecule has 2 aliphatic heterocycles. The van der Waals surface area contributed by atoms with E-state index in [0.29, 0.717) is 16.6 Å². The summed E-state index contributed by atoms with van der Waals surface area (Å²) in [4.78, 5) is 34.6. The predicted octanol–water partition coefficient (Wildman–Crippen LogP) is 3.87. The standard InChI is InChI=1S/C20H17FN4O2.2C2H6/c1-23-6-8-24(9-7-23)13-3-4-14-16(11-13)22-19-18(26)15-10-12(21)2-5-17(15)25(19)20(14)27;2*1-2/h2-5,10-11H,6-9H2,1H3;2*1-2H3. The van der Waals surface area contributed by atoms with Crippen molar-refractivity contribution in [1.29, 1.82) is 0 Å². The number of nitrogens with zero attached hydrogens (tertiary/aromatic N) is 4. The molecule has 6 nitrogen and oxygen atoms in total. The van der Waals surface area contributed by atoms with Crippen molar-refractivity contribution in [3.8, 4) is 5.69 Å². The van der Waals surface area contributed by atoms with Crippen molar-refractivity contribution in [2.75, 3.05) is 38.1 Å². The van der Waals surface area contributed by atoms with Gasteiger partial charge < -0.3 is 9.80 Å². The Kier molecular flexibility index (Phi) is 6.85. The molecule has 2 aliphatic rings. The Balaban J connectivity index is 0.000000645. The number of ketones is 1. The second kappa shape index (κ2) is 9.39. The maximum Gasteiger partial charge on any atom is 0.266 e. The number of rotatable bonds is 1. The lowest BCUT2D eigenvalue weighted by atomic mass is 10.1. The second-order valence-corrected chi connectivity index (χ2v) is 7.06. The van der Waals surface area contributed by atoms with Crippen LogP contribution >= 0.6 is 0 Å². The summed E-state index contributed by atoms with van der Waals surface area (Å²) >= 11 is 0. The summed E-state index contributed by atoms with van der Waals surface area (Å²) in [5.41, 5.74) is 1.73. The van der Waals surface area contributed by atoms with Crippen molar-refractivity contribution in [2.45, 2.75) is 27.7 Å². The van der Waals surface area contributed by atoms with Gasteiger partial charge in [-0.25, -0.2) is 9.37 Å². The molecule has 0 bridgehead atoms. The molecule has 3 aromatic rings. The number of hydrogen-bond acceptors (Lipinski definition) is 5. The van der Waals surface area contributed by atoms with Gasteiger partial charge in [0.2, 0.25) is 5.78 Å². The highest BCUT2D eigenvalue weighted by atomic mass is 19.1. The van der Waals surface area contributed by atoms with E-state index in [1.807, 2.05) is 39.8 Å². The number of fused-ring (bicyclic) bond motifs is 4. The number of anilines is 1. The molecule has 7 heteroatoms. The number of halogens is 1. The summed E-state index contributed by atoms with van der Waals surface area (Å²) in [7, 11) is 2.09. The molecule has 3 heterocycles. The lowest BCUT2D eigenvalue weighted by Crippen LogP contribution is -2.44. The minimum absolute atomic E-state index is 0.0450. The zero-order valence-electron chi connectivity index (χ0n) is 18.8. The molecule has 1 saturated heterocycles. The summed E-state index contributed by atoms with van der Waals surface area (Å²) in [5.74, 6) is -0.887. The van der Waals surface area contributed by atoms with Crippen LogP contribution in [0.15, 0.2) is 41.2 Å². The fraction of sp³-hybridized carbons (Fsp3) is 0.375. The van der Waals surface area contributed by atoms with Gasteiger partial charge in [0.05, 0.1) is 22.2 Å². The van der Waals surface area contributed by atoms with Gasteiger partial charge in [-0.1, -0.05) is 27.7 Å². The first-order chi connectivity index (χ1) is 15.0. The molecule has 1 fully saturated rings. The van der Waals surface area contributed by atoms with Gasteiger partial charge in [0.15, 0.2) is 5.82 Å². The van der Waals surface area contributed by atoms with Gasteiger partial charge in [-0.15, -0.1) is 0 Å². The van der Waals surface area contributed by atoms with Gasteiger partial charge in [-0.05, 0) is 43.4 Å². The lowest BCUT2D eigenvalue weighted by molar-refractivity contribution is 0.103. The molecule has 164 valence electrons. The van der Waals surface area contributed by atoms with Crippen molar-refractivity contribution in [1.82, 2.24) is 14.5 Å². The number of hydrogen-bond donors (Lipinski definition) is 0. The topological polar surface area (TPSA) is 58.4 Å². The Morgan fingerprint density at radius 2 is 1.58 bits per heavy atom. The third-order valence-electron chi connectivity index (χ3n) is 5.37. The van der Waals surface area contributed by atoms with Crippen molar-refractivity contribution >= 4 is 22.4 Å². The number of carbonyl (C=O) groups is 1. The Hall–Kier alpha value is -3.06. The second-order valence-electron chi connectivity index (χ2n) is 7.06. The summed E-state index contributed by atoms with van der Waals surface area (Å²) in [5, 5.41) is 0.446. The Morgan fingerprint density at radius 1 is 0.903 bits per heavy atom. The molecule has 5 rings (SSSR count). The first-order valence-corrected chi connectivity index (χ1v) is 10.9. The third-order valence-corrected chi connectivity index (χ3v) is 5.37. The molecule has 31 heavy (non-hydrogen) atoms. The molecule has 0 amide bonds.